The number of ether oxygens (including phenoxy) is 3. The van der Waals surface area contributed by atoms with Crippen molar-refractivity contribution in [1.29, 1.82) is 0 Å². The molecule has 0 N–H and O–H groups in total. The van der Waals surface area contributed by atoms with E-state index in [0.717, 1.165) is 42.0 Å². The summed E-state index contributed by atoms with van der Waals surface area (Å²) < 4.78 is 17.7. The summed E-state index contributed by atoms with van der Waals surface area (Å²) in [5.74, 6) is 1.63. The van der Waals surface area contributed by atoms with E-state index in [1.54, 1.807) is 0 Å². The number of piperidine rings is 1. The van der Waals surface area contributed by atoms with Gasteiger partial charge < -0.3 is 19.1 Å². The average Bonchev–Trinajstić information content (AvgIpc) is 3.22. The van der Waals surface area contributed by atoms with Gasteiger partial charge in [-0.1, -0.05) is 48.9 Å². The Kier molecular flexibility index (Phi) is 5.65. The molecule has 4 heteroatoms. The predicted molar refractivity (Wildman–Crippen MR) is 106 cm³/mol. The minimum Gasteiger partial charge on any atom is -0.454 e. The van der Waals surface area contributed by atoms with Gasteiger partial charge in [-0.25, -0.2) is 0 Å². The van der Waals surface area contributed by atoms with Crippen LogP contribution in [0.1, 0.15) is 43.2 Å². The zero-order valence-electron chi connectivity index (χ0n) is 16.2. The van der Waals surface area contributed by atoms with Crippen LogP contribution in [0, 0.1) is 0 Å². The Morgan fingerprint density at radius 3 is 2.56 bits per heavy atom. The van der Waals surface area contributed by atoms with Crippen LogP contribution in [0.3, 0.4) is 0 Å². The number of likely N-dealkylation sites (tertiary alicyclic amines) is 1. The summed E-state index contributed by atoms with van der Waals surface area (Å²) in [7, 11) is 1.81. The fourth-order valence-corrected chi connectivity index (χ4v) is 4.45. The fraction of sp³-hybridized carbons (Fsp3) is 0.478. The Morgan fingerprint density at radius 2 is 1.78 bits per heavy atom. The molecule has 2 heterocycles. The summed E-state index contributed by atoms with van der Waals surface area (Å²) in [6, 6.07) is 16.6. The van der Waals surface area contributed by atoms with Crippen LogP contribution in [-0.4, -0.2) is 38.4 Å². The van der Waals surface area contributed by atoms with Crippen molar-refractivity contribution in [2.75, 3.05) is 33.5 Å². The highest BCUT2D eigenvalue weighted by molar-refractivity contribution is 5.54. The van der Waals surface area contributed by atoms with Gasteiger partial charge in [0.2, 0.25) is 6.79 Å². The zero-order valence-corrected chi connectivity index (χ0v) is 16.2. The predicted octanol–water partition coefficient (Wildman–Crippen LogP) is 4.57. The minimum atomic E-state index is -0.532. The van der Waals surface area contributed by atoms with Gasteiger partial charge in [0, 0.05) is 12.7 Å². The fourth-order valence-electron chi connectivity index (χ4n) is 4.45. The molecule has 2 aromatic carbocycles. The molecule has 27 heavy (non-hydrogen) atoms. The molecule has 1 fully saturated rings. The molecule has 4 rings (SSSR count). The van der Waals surface area contributed by atoms with E-state index in [-0.39, 0.29) is 6.79 Å². The first-order valence-corrected chi connectivity index (χ1v) is 10.1. The van der Waals surface area contributed by atoms with E-state index in [0.29, 0.717) is 0 Å². The Balaban J connectivity index is 1.64. The molecule has 0 aliphatic carbocycles. The number of benzene rings is 2. The van der Waals surface area contributed by atoms with Gasteiger partial charge in [-0.3, -0.25) is 0 Å². The third-order valence-corrected chi connectivity index (χ3v) is 5.87. The van der Waals surface area contributed by atoms with Crippen molar-refractivity contribution in [3.63, 3.8) is 0 Å². The van der Waals surface area contributed by atoms with E-state index in [9.17, 15) is 0 Å². The SMILES string of the molecule is COC(CCCN1CCCCC1)(c1ccccc1)c1cccc2c1OCO2. The van der Waals surface area contributed by atoms with Crippen molar-refractivity contribution in [3.8, 4) is 11.5 Å². The smallest absolute Gasteiger partial charge is 0.231 e. The molecule has 144 valence electrons. The van der Waals surface area contributed by atoms with E-state index in [2.05, 4.69) is 35.2 Å². The molecule has 2 aliphatic rings. The summed E-state index contributed by atoms with van der Waals surface area (Å²) >= 11 is 0. The molecule has 0 saturated carbocycles. The molecular weight excluding hydrogens is 338 g/mol. The average molecular weight is 367 g/mol. The van der Waals surface area contributed by atoms with Crippen molar-refractivity contribution in [2.45, 2.75) is 37.7 Å². The first-order chi connectivity index (χ1) is 13.3. The lowest BCUT2D eigenvalue weighted by atomic mass is 9.81. The monoisotopic (exact) mass is 367 g/mol. The van der Waals surface area contributed by atoms with Crippen LogP contribution in [0.5, 0.6) is 11.5 Å². The van der Waals surface area contributed by atoms with Gasteiger partial charge in [0.25, 0.3) is 0 Å². The molecule has 1 atom stereocenters. The molecule has 0 spiro atoms. The van der Waals surface area contributed by atoms with Crippen molar-refractivity contribution >= 4 is 0 Å². The second kappa shape index (κ2) is 8.32. The molecule has 2 aromatic rings. The second-order valence-electron chi connectivity index (χ2n) is 7.44. The van der Waals surface area contributed by atoms with Crippen molar-refractivity contribution in [3.05, 3.63) is 59.7 Å². The Bertz CT molecular complexity index is 743. The molecule has 1 unspecified atom stereocenters. The Labute approximate surface area is 162 Å². The molecule has 1 saturated heterocycles. The van der Waals surface area contributed by atoms with Crippen LogP contribution < -0.4 is 9.47 Å². The van der Waals surface area contributed by atoms with Crippen LogP contribution in [0.25, 0.3) is 0 Å². The van der Waals surface area contributed by atoms with Crippen LogP contribution in [0.2, 0.25) is 0 Å². The van der Waals surface area contributed by atoms with Gasteiger partial charge in [-0.2, -0.15) is 0 Å². The lowest BCUT2D eigenvalue weighted by Gasteiger charge is -2.35. The lowest BCUT2D eigenvalue weighted by molar-refractivity contribution is 0.00816. The Morgan fingerprint density at radius 1 is 0.963 bits per heavy atom. The van der Waals surface area contributed by atoms with E-state index < -0.39 is 5.60 Å². The summed E-state index contributed by atoms with van der Waals surface area (Å²) in [5.41, 5.74) is 1.69. The largest absolute Gasteiger partial charge is 0.454 e. The topological polar surface area (TPSA) is 30.9 Å². The molecule has 0 aromatic heterocycles. The first-order valence-electron chi connectivity index (χ1n) is 10.1. The van der Waals surface area contributed by atoms with Gasteiger partial charge >= 0.3 is 0 Å². The lowest BCUT2D eigenvalue weighted by Crippen LogP contribution is -2.34. The number of para-hydroxylation sites is 1. The van der Waals surface area contributed by atoms with Crippen LogP contribution >= 0.6 is 0 Å². The van der Waals surface area contributed by atoms with Crippen LogP contribution in [0.15, 0.2) is 48.5 Å². The van der Waals surface area contributed by atoms with E-state index >= 15 is 0 Å². The van der Waals surface area contributed by atoms with Crippen molar-refractivity contribution in [2.24, 2.45) is 0 Å². The maximum absolute atomic E-state index is 6.27. The number of hydrogen-bond donors (Lipinski definition) is 0. The molecule has 0 amide bonds. The molecule has 0 radical (unpaired) electrons. The highest BCUT2D eigenvalue weighted by Gasteiger charge is 2.38. The normalized spacial score (nSPS) is 19.0. The number of hydrogen-bond acceptors (Lipinski definition) is 4. The second-order valence-corrected chi connectivity index (χ2v) is 7.44. The van der Waals surface area contributed by atoms with E-state index in [4.69, 9.17) is 14.2 Å². The highest BCUT2D eigenvalue weighted by atomic mass is 16.7. The van der Waals surface area contributed by atoms with Crippen LogP contribution in [0.4, 0.5) is 0 Å². The third kappa shape index (κ3) is 3.69. The van der Waals surface area contributed by atoms with Gasteiger partial charge in [0.15, 0.2) is 11.5 Å². The van der Waals surface area contributed by atoms with Gasteiger partial charge in [0.1, 0.15) is 5.60 Å². The summed E-state index contributed by atoms with van der Waals surface area (Å²) in [6.45, 7) is 3.84. The summed E-state index contributed by atoms with van der Waals surface area (Å²) in [5, 5.41) is 0. The molecular formula is C23H29NO3. The summed E-state index contributed by atoms with van der Waals surface area (Å²) in [6.07, 6.45) is 6.00. The summed E-state index contributed by atoms with van der Waals surface area (Å²) in [4.78, 5) is 2.59. The van der Waals surface area contributed by atoms with Gasteiger partial charge in [0.05, 0.1) is 0 Å². The molecule has 2 aliphatic heterocycles. The number of fused-ring (bicyclic) bond motifs is 1. The van der Waals surface area contributed by atoms with E-state index in [1.165, 1.54) is 32.4 Å². The van der Waals surface area contributed by atoms with Gasteiger partial charge in [-0.15, -0.1) is 0 Å². The maximum Gasteiger partial charge on any atom is 0.231 e. The quantitative estimate of drug-likeness (QED) is 0.717. The van der Waals surface area contributed by atoms with E-state index in [1.807, 2.05) is 25.3 Å². The number of rotatable bonds is 7. The number of methoxy groups -OCH3 is 1. The minimum absolute atomic E-state index is 0.273. The van der Waals surface area contributed by atoms with Crippen molar-refractivity contribution < 1.29 is 14.2 Å². The molecule has 0 bridgehead atoms. The highest BCUT2D eigenvalue weighted by Crippen LogP contribution is 2.47. The number of nitrogens with zero attached hydrogens (tertiary/aromatic N) is 1. The third-order valence-electron chi connectivity index (χ3n) is 5.87. The zero-order chi connectivity index (χ0) is 18.5. The first kappa shape index (κ1) is 18.3. The standard InChI is InChI=1S/C23H29NO3/c1-25-23(19-10-4-2-5-11-19,14-9-17-24-15-6-3-7-16-24)20-12-8-13-21-22(20)27-18-26-21/h2,4-5,8,10-13H,3,6-7,9,14-18H2,1H3. The molecule has 4 nitrogen and oxygen atoms in total. The van der Waals surface area contributed by atoms with Gasteiger partial charge in [-0.05, 0) is 56.9 Å². The van der Waals surface area contributed by atoms with Crippen LogP contribution in [-0.2, 0) is 10.3 Å². The Hall–Kier alpha value is -2.04. The maximum atomic E-state index is 6.27. The van der Waals surface area contributed by atoms with Crippen molar-refractivity contribution in [1.82, 2.24) is 4.90 Å².